The lowest BCUT2D eigenvalue weighted by Gasteiger charge is -2.26. The quantitative estimate of drug-likeness (QED) is 0.817. The molecule has 1 saturated heterocycles. The molecule has 1 aliphatic rings. The summed E-state index contributed by atoms with van der Waals surface area (Å²) in [5.41, 5.74) is 0.916. The van der Waals surface area contributed by atoms with Crippen molar-refractivity contribution in [3.8, 4) is 0 Å². The van der Waals surface area contributed by atoms with E-state index in [0.717, 1.165) is 31.5 Å². The molecule has 132 valence electrons. The second-order valence-corrected chi connectivity index (χ2v) is 6.34. The highest BCUT2D eigenvalue weighted by atomic mass is 35.5. The van der Waals surface area contributed by atoms with E-state index >= 15 is 0 Å². The Bertz CT molecular complexity index is 722. The summed E-state index contributed by atoms with van der Waals surface area (Å²) in [5, 5.41) is 12.4. The highest BCUT2D eigenvalue weighted by molar-refractivity contribution is 6.28. The Balaban J connectivity index is 1.77. The van der Waals surface area contributed by atoms with Gasteiger partial charge in [-0.15, -0.1) is 0 Å². The van der Waals surface area contributed by atoms with Crippen LogP contribution >= 0.6 is 11.6 Å². The van der Waals surface area contributed by atoms with E-state index in [2.05, 4.69) is 25.2 Å². The summed E-state index contributed by atoms with van der Waals surface area (Å²) >= 11 is 6.02. The van der Waals surface area contributed by atoms with Crippen molar-refractivity contribution >= 4 is 29.5 Å². The second-order valence-electron chi connectivity index (χ2n) is 6.00. The fourth-order valence-corrected chi connectivity index (χ4v) is 3.00. The van der Waals surface area contributed by atoms with Gasteiger partial charge in [-0.1, -0.05) is 30.3 Å². The standard InChI is InChI=1S/C17H20ClN5O2/c18-15-20-16(22-17(21-15)23-9-5-2-6-10-23)19-13(14(24)25)11-12-7-3-1-4-8-12/h1,3-4,7-8,13H,2,5-6,9-11H2,(H,24,25)(H,19,20,21,22). The number of carboxylic acid groups (broad SMARTS) is 1. The van der Waals surface area contributed by atoms with Crippen LogP contribution in [0.4, 0.5) is 11.9 Å². The van der Waals surface area contributed by atoms with Gasteiger partial charge in [-0.3, -0.25) is 0 Å². The Hall–Kier alpha value is -2.41. The highest BCUT2D eigenvalue weighted by Crippen LogP contribution is 2.19. The number of nitrogens with one attached hydrogen (secondary N) is 1. The van der Waals surface area contributed by atoms with Gasteiger partial charge >= 0.3 is 5.97 Å². The van der Waals surface area contributed by atoms with Gasteiger partial charge in [0.15, 0.2) is 0 Å². The van der Waals surface area contributed by atoms with Crippen LogP contribution in [0, 0.1) is 0 Å². The van der Waals surface area contributed by atoms with Crippen LogP contribution in [0.1, 0.15) is 24.8 Å². The maximum absolute atomic E-state index is 11.6. The summed E-state index contributed by atoms with van der Waals surface area (Å²) in [6.45, 7) is 1.73. The number of halogens is 1. The first-order chi connectivity index (χ1) is 12.1. The lowest BCUT2D eigenvalue weighted by atomic mass is 10.1. The number of benzene rings is 1. The third kappa shape index (κ3) is 4.79. The number of carbonyl (C=O) groups is 1. The van der Waals surface area contributed by atoms with Crippen LogP contribution in [0.25, 0.3) is 0 Å². The molecule has 1 unspecified atom stereocenters. The molecule has 3 rings (SSSR count). The van der Waals surface area contributed by atoms with Crippen molar-refractivity contribution in [3.05, 3.63) is 41.2 Å². The van der Waals surface area contributed by atoms with Gasteiger partial charge in [-0.2, -0.15) is 15.0 Å². The minimum atomic E-state index is -0.972. The Morgan fingerprint density at radius 3 is 2.56 bits per heavy atom. The van der Waals surface area contributed by atoms with E-state index in [4.69, 9.17) is 11.6 Å². The van der Waals surface area contributed by atoms with Crippen molar-refractivity contribution in [1.29, 1.82) is 0 Å². The molecule has 1 atom stereocenters. The molecule has 1 aliphatic heterocycles. The number of hydrogen-bond donors (Lipinski definition) is 2. The first-order valence-corrected chi connectivity index (χ1v) is 8.69. The first-order valence-electron chi connectivity index (χ1n) is 8.31. The van der Waals surface area contributed by atoms with E-state index in [9.17, 15) is 9.90 Å². The molecule has 1 aromatic heterocycles. The maximum Gasteiger partial charge on any atom is 0.326 e. The first kappa shape index (κ1) is 17.4. The number of piperidine rings is 1. The summed E-state index contributed by atoms with van der Waals surface area (Å²) in [6, 6.07) is 8.57. The van der Waals surface area contributed by atoms with Crippen molar-refractivity contribution in [1.82, 2.24) is 15.0 Å². The number of nitrogens with zero attached hydrogens (tertiary/aromatic N) is 4. The molecule has 2 aromatic rings. The van der Waals surface area contributed by atoms with Gasteiger partial charge < -0.3 is 15.3 Å². The molecule has 0 aliphatic carbocycles. The lowest BCUT2D eigenvalue weighted by molar-refractivity contribution is -0.137. The molecule has 7 nitrogen and oxygen atoms in total. The minimum absolute atomic E-state index is 0.0573. The zero-order valence-electron chi connectivity index (χ0n) is 13.7. The van der Waals surface area contributed by atoms with Crippen molar-refractivity contribution in [2.24, 2.45) is 0 Å². The predicted molar refractivity (Wildman–Crippen MR) is 96.1 cm³/mol. The Morgan fingerprint density at radius 1 is 1.16 bits per heavy atom. The molecule has 1 fully saturated rings. The number of hydrogen-bond acceptors (Lipinski definition) is 6. The van der Waals surface area contributed by atoms with Gasteiger partial charge in [-0.25, -0.2) is 4.79 Å². The van der Waals surface area contributed by atoms with Gasteiger partial charge in [0.05, 0.1) is 0 Å². The molecular formula is C17H20ClN5O2. The van der Waals surface area contributed by atoms with E-state index in [-0.39, 0.29) is 11.2 Å². The molecule has 0 bridgehead atoms. The van der Waals surface area contributed by atoms with Gasteiger partial charge in [-0.05, 0) is 36.4 Å². The van der Waals surface area contributed by atoms with Crippen molar-refractivity contribution in [2.45, 2.75) is 31.7 Å². The minimum Gasteiger partial charge on any atom is -0.480 e. The summed E-state index contributed by atoms with van der Waals surface area (Å²) in [4.78, 5) is 26.2. The van der Waals surface area contributed by atoms with Gasteiger partial charge in [0.25, 0.3) is 0 Å². The Labute approximate surface area is 151 Å². The molecule has 25 heavy (non-hydrogen) atoms. The van der Waals surface area contributed by atoms with Crippen molar-refractivity contribution < 1.29 is 9.90 Å². The van der Waals surface area contributed by atoms with Gasteiger partial charge in [0, 0.05) is 19.5 Å². The zero-order valence-corrected chi connectivity index (χ0v) is 14.5. The number of carboxylic acids is 1. The van der Waals surface area contributed by atoms with E-state index in [1.165, 1.54) is 6.42 Å². The average Bonchev–Trinajstić information content (AvgIpc) is 2.62. The van der Waals surface area contributed by atoms with Crippen LogP contribution in [0.5, 0.6) is 0 Å². The SMILES string of the molecule is O=C(O)C(Cc1ccccc1)Nc1nc(Cl)nc(N2CCCCC2)n1. The van der Waals surface area contributed by atoms with Gasteiger partial charge in [0.2, 0.25) is 17.2 Å². The largest absolute Gasteiger partial charge is 0.480 e. The zero-order chi connectivity index (χ0) is 17.6. The monoisotopic (exact) mass is 361 g/mol. The Morgan fingerprint density at radius 2 is 1.88 bits per heavy atom. The fraction of sp³-hybridized carbons (Fsp3) is 0.412. The van der Waals surface area contributed by atoms with Crippen LogP contribution in [-0.2, 0) is 11.2 Å². The maximum atomic E-state index is 11.6. The van der Waals surface area contributed by atoms with E-state index in [1.807, 2.05) is 30.3 Å². The fourth-order valence-electron chi connectivity index (χ4n) is 2.85. The number of anilines is 2. The normalized spacial score (nSPS) is 15.6. The van der Waals surface area contributed by atoms with E-state index in [0.29, 0.717) is 12.4 Å². The topological polar surface area (TPSA) is 91.2 Å². The summed E-state index contributed by atoms with van der Waals surface area (Å²) in [6.07, 6.45) is 3.67. The van der Waals surface area contributed by atoms with Crippen molar-refractivity contribution in [2.75, 3.05) is 23.3 Å². The second kappa shape index (κ2) is 8.11. The molecule has 1 aromatic carbocycles. The summed E-state index contributed by atoms with van der Waals surface area (Å²) in [5.74, 6) is -0.296. The van der Waals surface area contributed by atoms with E-state index < -0.39 is 12.0 Å². The predicted octanol–water partition coefficient (Wildman–Crippen LogP) is 2.62. The van der Waals surface area contributed by atoms with Crippen LogP contribution in [0.3, 0.4) is 0 Å². The lowest BCUT2D eigenvalue weighted by Crippen LogP contribution is -2.34. The summed E-state index contributed by atoms with van der Waals surface area (Å²) < 4.78 is 0. The highest BCUT2D eigenvalue weighted by Gasteiger charge is 2.21. The smallest absolute Gasteiger partial charge is 0.326 e. The summed E-state index contributed by atoms with van der Waals surface area (Å²) in [7, 11) is 0. The number of rotatable bonds is 6. The van der Waals surface area contributed by atoms with Crippen molar-refractivity contribution in [3.63, 3.8) is 0 Å². The molecule has 0 spiro atoms. The van der Waals surface area contributed by atoms with Crippen LogP contribution in [0.2, 0.25) is 5.28 Å². The molecule has 2 heterocycles. The van der Waals surface area contributed by atoms with Crippen LogP contribution < -0.4 is 10.2 Å². The van der Waals surface area contributed by atoms with Crippen LogP contribution in [-0.4, -0.2) is 45.2 Å². The van der Waals surface area contributed by atoms with Gasteiger partial charge in [0.1, 0.15) is 6.04 Å². The molecule has 8 heteroatoms. The third-order valence-corrected chi connectivity index (χ3v) is 4.29. The molecule has 0 amide bonds. The van der Waals surface area contributed by atoms with E-state index in [1.54, 1.807) is 0 Å². The Kier molecular flexibility index (Phi) is 5.65. The van der Waals surface area contributed by atoms with Crippen LogP contribution in [0.15, 0.2) is 30.3 Å². The molecule has 2 N–H and O–H groups in total. The number of aliphatic carboxylic acids is 1. The molecule has 0 saturated carbocycles. The average molecular weight is 362 g/mol. The third-order valence-electron chi connectivity index (χ3n) is 4.12. The molecular weight excluding hydrogens is 342 g/mol. The number of aromatic nitrogens is 3. The molecule has 0 radical (unpaired) electrons.